The van der Waals surface area contributed by atoms with Crippen molar-refractivity contribution in [2.45, 2.75) is 53.4 Å². The van der Waals surface area contributed by atoms with Crippen LogP contribution < -0.4 is 0 Å². The normalized spacial score (nSPS) is 17.9. The highest BCUT2D eigenvalue weighted by Crippen LogP contribution is 2.57. The van der Waals surface area contributed by atoms with Gasteiger partial charge in [0.25, 0.3) is 0 Å². The van der Waals surface area contributed by atoms with Crippen molar-refractivity contribution in [3.8, 4) is 0 Å². The summed E-state index contributed by atoms with van der Waals surface area (Å²) in [5.41, 5.74) is 3.31. The van der Waals surface area contributed by atoms with E-state index in [0.717, 1.165) is 24.8 Å². The van der Waals surface area contributed by atoms with E-state index in [0.29, 0.717) is 6.42 Å². The van der Waals surface area contributed by atoms with Crippen LogP contribution in [0.5, 0.6) is 0 Å². The molecule has 140 valence electrons. The van der Waals surface area contributed by atoms with Gasteiger partial charge in [0.15, 0.2) is 0 Å². The van der Waals surface area contributed by atoms with Crippen molar-refractivity contribution in [1.82, 2.24) is 0 Å². The second kappa shape index (κ2) is 11.2. The second-order valence-corrected chi connectivity index (χ2v) is 8.49. The van der Waals surface area contributed by atoms with Gasteiger partial charge < -0.3 is 14.7 Å². The van der Waals surface area contributed by atoms with E-state index in [1.54, 1.807) is 6.92 Å². The molecule has 0 fully saturated rings. The van der Waals surface area contributed by atoms with E-state index in [2.05, 4.69) is 41.8 Å². The van der Waals surface area contributed by atoms with Crippen LogP contribution in [0.1, 0.15) is 54.7 Å². The average molecular weight is 383 g/mol. The lowest BCUT2D eigenvalue weighted by atomic mass is 10.1. The Morgan fingerprint density at radius 1 is 0.958 bits per heavy atom. The Morgan fingerprint density at radius 2 is 1.46 bits per heavy atom. The lowest BCUT2D eigenvalue weighted by molar-refractivity contribution is 0.191. The molecule has 1 unspecified atom stereocenters. The predicted octanol–water partition coefficient (Wildman–Crippen LogP) is 4.63. The van der Waals surface area contributed by atoms with E-state index < -0.39 is 22.2 Å². The summed E-state index contributed by atoms with van der Waals surface area (Å²) < 4.78 is 37.4. The molecule has 0 amide bonds. The minimum atomic E-state index is -5.18. The van der Waals surface area contributed by atoms with Gasteiger partial charge in [-0.3, -0.25) is 4.52 Å². The Bertz CT molecular complexity index is 603. The molecule has 0 bridgehead atoms. The fourth-order valence-corrected chi connectivity index (χ4v) is 3.14. The first-order valence-corrected chi connectivity index (χ1v) is 10.5. The van der Waals surface area contributed by atoms with Crippen molar-refractivity contribution < 1.29 is 34.0 Å². The first-order chi connectivity index (χ1) is 11.3. The zero-order valence-electron chi connectivity index (χ0n) is 15.5. The molecular formula is C15H28O7P2. The highest BCUT2D eigenvalue weighted by Gasteiger charge is 2.31. The molecule has 0 saturated carbocycles. The molecule has 0 heterocycles. The smallest absolute Gasteiger partial charge is 0.302 e. The van der Waals surface area contributed by atoms with Crippen molar-refractivity contribution in [3.63, 3.8) is 0 Å². The Kier molecular flexibility index (Phi) is 10.0. The number of phosphoric ester groups is 1. The van der Waals surface area contributed by atoms with Gasteiger partial charge in [-0.1, -0.05) is 34.9 Å². The summed E-state index contributed by atoms with van der Waals surface area (Å²) in [5, 5.41) is 0. The van der Waals surface area contributed by atoms with Crippen molar-refractivity contribution in [1.29, 1.82) is 0 Å². The Hall–Kier alpha value is -0.520. The monoisotopic (exact) mass is 383 g/mol. The summed E-state index contributed by atoms with van der Waals surface area (Å²) in [6.07, 6.45) is 8.93. The largest absolute Gasteiger partial charge is 0.481 e. The molecular weight excluding hydrogens is 354 g/mol. The minimum Gasteiger partial charge on any atom is -0.302 e. The Labute approximate surface area is 145 Å². The van der Waals surface area contributed by atoms with E-state index in [4.69, 9.17) is 16.1 Å². The van der Waals surface area contributed by atoms with Crippen LogP contribution in [0.2, 0.25) is 0 Å². The molecule has 2 atom stereocenters. The SMILES string of the molecule is [2H][C@@H](/C=C(\C)CC/C=C(\C)CCC=C(C)C)OP(=O)(O)OP(=O)(O)O. The van der Waals surface area contributed by atoms with Gasteiger partial charge in [-0.05, 0) is 53.4 Å². The molecule has 0 aliphatic heterocycles. The summed E-state index contributed by atoms with van der Waals surface area (Å²) >= 11 is 0. The topological polar surface area (TPSA) is 113 Å². The van der Waals surface area contributed by atoms with Gasteiger partial charge in [0.1, 0.15) is 0 Å². The van der Waals surface area contributed by atoms with Crippen LogP contribution in [0.4, 0.5) is 0 Å². The number of hydrogen-bond donors (Lipinski definition) is 3. The van der Waals surface area contributed by atoms with Crippen molar-refractivity contribution >= 4 is 15.6 Å². The quantitative estimate of drug-likeness (QED) is 0.352. The first-order valence-electron chi connectivity index (χ1n) is 8.05. The van der Waals surface area contributed by atoms with Crippen molar-refractivity contribution in [3.05, 3.63) is 34.9 Å². The van der Waals surface area contributed by atoms with Gasteiger partial charge in [0.05, 0.1) is 7.95 Å². The van der Waals surface area contributed by atoms with E-state index in [1.165, 1.54) is 17.2 Å². The highest BCUT2D eigenvalue weighted by molar-refractivity contribution is 7.60. The number of allylic oxidation sites excluding steroid dienone is 5. The predicted molar refractivity (Wildman–Crippen MR) is 94.3 cm³/mol. The summed E-state index contributed by atoms with van der Waals surface area (Å²) in [6.45, 7) is 6.34. The van der Waals surface area contributed by atoms with Crippen LogP contribution in [0.25, 0.3) is 0 Å². The molecule has 0 rings (SSSR count). The van der Waals surface area contributed by atoms with Gasteiger partial charge >= 0.3 is 15.6 Å². The molecule has 0 saturated heterocycles. The summed E-state index contributed by atoms with van der Waals surface area (Å²) in [6, 6.07) is 0. The standard InChI is InChI=1S/C15H28O7P2/c1-13(2)7-5-8-14(3)9-6-10-15(4)11-12-21-24(19,20)22-23(16,17)18/h7,9,11H,5-6,8,10,12H2,1-4H3,(H,19,20)(H2,16,17,18)/b14-9+,15-11+/i12D/t12-/m0/s1. The third kappa shape index (κ3) is 15.0. The highest BCUT2D eigenvalue weighted by atomic mass is 31.3. The van der Waals surface area contributed by atoms with E-state index in [1.807, 2.05) is 0 Å². The minimum absolute atomic E-state index is 0.633. The Balaban J connectivity index is 4.41. The second-order valence-electron chi connectivity index (χ2n) is 5.70. The fraction of sp³-hybridized carbons (Fsp3) is 0.600. The zero-order valence-corrected chi connectivity index (χ0v) is 16.3. The number of rotatable bonds is 11. The molecule has 3 N–H and O–H groups in total. The summed E-state index contributed by atoms with van der Waals surface area (Å²) in [5.74, 6) is 0. The van der Waals surface area contributed by atoms with Crippen LogP contribution in [0, 0.1) is 0 Å². The molecule has 9 heteroatoms. The van der Waals surface area contributed by atoms with E-state index in [-0.39, 0.29) is 0 Å². The third-order valence-corrected chi connectivity index (χ3v) is 4.94. The van der Waals surface area contributed by atoms with Gasteiger partial charge in [-0.15, -0.1) is 0 Å². The lowest BCUT2D eigenvalue weighted by Gasteiger charge is -2.11. The van der Waals surface area contributed by atoms with Crippen molar-refractivity contribution in [2.75, 3.05) is 6.58 Å². The number of phosphoric acid groups is 2. The molecule has 0 radical (unpaired) electrons. The van der Waals surface area contributed by atoms with Gasteiger partial charge in [0, 0.05) is 0 Å². The van der Waals surface area contributed by atoms with Gasteiger partial charge in [-0.25, -0.2) is 9.13 Å². The third-order valence-electron chi connectivity index (χ3n) is 2.88. The molecule has 0 aliphatic rings. The van der Waals surface area contributed by atoms with Gasteiger partial charge in [0.2, 0.25) is 0 Å². The first kappa shape index (κ1) is 21.5. The Morgan fingerprint density at radius 3 is 1.96 bits per heavy atom. The van der Waals surface area contributed by atoms with Gasteiger partial charge in [-0.2, -0.15) is 4.31 Å². The zero-order chi connectivity index (χ0) is 19.7. The number of hydrogen-bond acceptors (Lipinski definition) is 4. The molecule has 0 aromatic carbocycles. The van der Waals surface area contributed by atoms with Crippen LogP contribution in [-0.4, -0.2) is 21.3 Å². The maximum Gasteiger partial charge on any atom is 0.481 e. The average Bonchev–Trinajstić information content (AvgIpc) is 2.33. The molecule has 0 aromatic heterocycles. The summed E-state index contributed by atoms with van der Waals surface area (Å²) in [4.78, 5) is 26.2. The van der Waals surface area contributed by atoms with Crippen molar-refractivity contribution in [2.24, 2.45) is 0 Å². The van der Waals surface area contributed by atoms with E-state index in [9.17, 15) is 9.13 Å². The molecule has 0 spiro atoms. The van der Waals surface area contributed by atoms with Crippen LogP contribution >= 0.6 is 15.6 Å². The maximum atomic E-state index is 11.3. The molecule has 0 aromatic rings. The molecule has 24 heavy (non-hydrogen) atoms. The van der Waals surface area contributed by atoms with E-state index >= 15 is 0 Å². The van der Waals surface area contributed by atoms with Crippen LogP contribution in [-0.2, 0) is 18.0 Å². The maximum absolute atomic E-state index is 11.3. The molecule has 0 aliphatic carbocycles. The molecule has 7 nitrogen and oxygen atoms in total. The summed E-state index contributed by atoms with van der Waals surface area (Å²) in [7, 11) is -10.2. The fourth-order valence-electron chi connectivity index (χ4n) is 1.70. The lowest BCUT2D eigenvalue weighted by Crippen LogP contribution is -1.94. The van der Waals surface area contributed by atoms with Crippen LogP contribution in [0.15, 0.2) is 34.9 Å². The van der Waals surface area contributed by atoms with Crippen LogP contribution in [0.3, 0.4) is 0 Å².